The van der Waals surface area contributed by atoms with Crippen molar-refractivity contribution in [3.63, 3.8) is 0 Å². The minimum absolute atomic E-state index is 0.859. The second-order valence-electron chi connectivity index (χ2n) is 5.55. The molecule has 3 atom stereocenters. The lowest BCUT2D eigenvalue weighted by Crippen LogP contribution is -2.19. The van der Waals surface area contributed by atoms with Gasteiger partial charge in [0.15, 0.2) is 0 Å². The molecule has 1 rings (SSSR count). The van der Waals surface area contributed by atoms with Crippen molar-refractivity contribution < 1.29 is 0 Å². The van der Waals surface area contributed by atoms with Gasteiger partial charge in [0.2, 0.25) is 0 Å². The maximum absolute atomic E-state index is 5.64. The summed E-state index contributed by atoms with van der Waals surface area (Å²) >= 11 is 0. The van der Waals surface area contributed by atoms with Gasteiger partial charge in [-0.2, -0.15) is 0 Å². The van der Waals surface area contributed by atoms with Crippen LogP contribution in [0.3, 0.4) is 0 Å². The summed E-state index contributed by atoms with van der Waals surface area (Å²) in [7, 11) is 0. The third-order valence-corrected chi connectivity index (χ3v) is 3.92. The largest absolute Gasteiger partial charge is 0.330 e. The average molecular weight is 226 g/mol. The molecule has 3 N–H and O–H groups in total. The maximum atomic E-state index is 5.64. The van der Waals surface area contributed by atoms with Crippen LogP contribution in [0.5, 0.6) is 0 Å². The molecule has 0 aromatic rings. The zero-order valence-electron chi connectivity index (χ0n) is 11.2. The van der Waals surface area contributed by atoms with Crippen LogP contribution in [-0.4, -0.2) is 19.6 Å². The lowest BCUT2D eigenvalue weighted by atomic mass is 9.94. The monoisotopic (exact) mass is 226 g/mol. The van der Waals surface area contributed by atoms with Crippen molar-refractivity contribution in [3.05, 3.63) is 0 Å². The highest BCUT2D eigenvalue weighted by Gasteiger charge is 2.31. The minimum atomic E-state index is 0.859. The van der Waals surface area contributed by atoms with Gasteiger partial charge in [-0.1, -0.05) is 26.7 Å². The Morgan fingerprint density at radius 2 is 2.06 bits per heavy atom. The molecule has 2 nitrogen and oxygen atoms in total. The molecule has 1 aliphatic carbocycles. The number of nitrogens with one attached hydrogen (secondary N) is 1. The zero-order valence-corrected chi connectivity index (χ0v) is 11.2. The van der Waals surface area contributed by atoms with E-state index < -0.39 is 0 Å². The van der Waals surface area contributed by atoms with Crippen LogP contribution in [0.2, 0.25) is 0 Å². The Balaban J connectivity index is 1.90. The van der Waals surface area contributed by atoms with Crippen LogP contribution in [0.1, 0.15) is 52.4 Å². The van der Waals surface area contributed by atoms with E-state index in [0.29, 0.717) is 0 Å². The highest BCUT2D eigenvalue weighted by Crippen LogP contribution is 2.36. The standard InChI is InChI=1S/C14H30N2/c1-3-5-13(7-8-15)6-4-9-16-11-14-10-12(14)2/h12-14,16H,3-11,15H2,1-2H3. The second-order valence-corrected chi connectivity index (χ2v) is 5.55. The van der Waals surface area contributed by atoms with Crippen molar-refractivity contribution in [1.29, 1.82) is 0 Å². The van der Waals surface area contributed by atoms with Gasteiger partial charge < -0.3 is 11.1 Å². The quantitative estimate of drug-likeness (QED) is 0.562. The van der Waals surface area contributed by atoms with Gasteiger partial charge in [-0.25, -0.2) is 0 Å². The SMILES string of the molecule is CCCC(CCN)CCCNCC1CC1C. The lowest BCUT2D eigenvalue weighted by molar-refractivity contribution is 0.402. The summed E-state index contributed by atoms with van der Waals surface area (Å²) in [5.74, 6) is 2.84. The molecule has 2 heteroatoms. The highest BCUT2D eigenvalue weighted by atomic mass is 14.9. The predicted molar refractivity (Wildman–Crippen MR) is 71.4 cm³/mol. The Hall–Kier alpha value is -0.0800. The van der Waals surface area contributed by atoms with E-state index in [4.69, 9.17) is 5.73 Å². The van der Waals surface area contributed by atoms with Crippen molar-refractivity contribution in [2.75, 3.05) is 19.6 Å². The first-order valence-electron chi connectivity index (χ1n) is 7.18. The topological polar surface area (TPSA) is 38.0 Å². The first-order chi connectivity index (χ1) is 7.77. The second kappa shape index (κ2) is 8.08. The van der Waals surface area contributed by atoms with E-state index in [1.165, 1.54) is 51.6 Å². The molecule has 0 bridgehead atoms. The van der Waals surface area contributed by atoms with Crippen molar-refractivity contribution in [2.45, 2.75) is 52.4 Å². The van der Waals surface area contributed by atoms with Crippen LogP contribution in [0.25, 0.3) is 0 Å². The Morgan fingerprint density at radius 1 is 1.31 bits per heavy atom. The molecule has 3 unspecified atom stereocenters. The molecule has 1 fully saturated rings. The first kappa shape index (κ1) is 14.0. The fourth-order valence-corrected chi connectivity index (χ4v) is 2.56. The lowest BCUT2D eigenvalue weighted by Gasteiger charge is -2.14. The fraction of sp³-hybridized carbons (Fsp3) is 1.00. The average Bonchev–Trinajstić information content (AvgIpc) is 2.95. The predicted octanol–water partition coefficient (Wildman–Crippen LogP) is 2.78. The van der Waals surface area contributed by atoms with Gasteiger partial charge in [0, 0.05) is 0 Å². The molecule has 0 saturated heterocycles. The van der Waals surface area contributed by atoms with Gasteiger partial charge in [-0.15, -0.1) is 0 Å². The van der Waals surface area contributed by atoms with E-state index in [0.717, 1.165) is 24.3 Å². The molecule has 0 radical (unpaired) electrons. The third-order valence-electron chi connectivity index (χ3n) is 3.92. The number of nitrogens with two attached hydrogens (primary N) is 1. The molecule has 0 heterocycles. The van der Waals surface area contributed by atoms with Crippen LogP contribution in [0, 0.1) is 17.8 Å². The van der Waals surface area contributed by atoms with Crippen molar-refractivity contribution in [1.82, 2.24) is 5.32 Å². The molecule has 0 aromatic heterocycles. The van der Waals surface area contributed by atoms with Crippen LogP contribution in [0.15, 0.2) is 0 Å². The summed E-state index contributed by atoms with van der Waals surface area (Å²) < 4.78 is 0. The minimum Gasteiger partial charge on any atom is -0.330 e. The fourth-order valence-electron chi connectivity index (χ4n) is 2.56. The van der Waals surface area contributed by atoms with E-state index in [1.54, 1.807) is 0 Å². The molecule has 1 saturated carbocycles. The maximum Gasteiger partial charge on any atom is -0.00179 e. The van der Waals surface area contributed by atoms with E-state index in [-0.39, 0.29) is 0 Å². The summed E-state index contributed by atoms with van der Waals surface area (Å²) in [6, 6.07) is 0. The van der Waals surface area contributed by atoms with Crippen molar-refractivity contribution in [2.24, 2.45) is 23.5 Å². The van der Waals surface area contributed by atoms with Gasteiger partial charge in [0.05, 0.1) is 0 Å². The summed E-state index contributed by atoms with van der Waals surface area (Å²) in [5.41, 5.74) is 5.64. The molecular formula is C14H30N2. The highest BCUT2D eigenvalue weighted by molar-refractivity contribution is 4.83. The molecule has 16 heavy (non-hydrogen) atoms. The number of rotatable bonds is 10. The van der Waals surface area contributed by atoms with E-state index in [9.17, 15) is 0 Å². The molecular weight excluding hydrogens is 196 g/mol. The molecule has 96 valence electrons. The van der Waals surface area contributed by atoms with Gasteiger partial charge in [0.25, 0.3) is 0 Å². The smallest absolute Gasteiger partial charge is 0.00179 e. The van der Waals surface area contributed by atoms with Crippen LogP contribution in [0.4, 0.5) is 0 Å². The van der Waals surface area contributed by atoms with E-state index >= 15 is 0 Å². The Labute approximate surface area is 101 Å². The normalized spacial score (nSPS) is 25.7. The molecule has 0 spiro atoms. The van der Waals surface area contributed by atoms with Crippen LogP contribution < -0.4 is 11.1 Å². The van der Waals surface area contributed by atoms with Gasteiger partial charge in [-0.3, -0.25) is 0 Å². The first-order valence-corrected chi connectivity index (χ1v) is 7.18. The summed E-state index contributed by atoms with van der Waals surface area (Å²) in [4.78, 5) is 0. The molecule has 0 aliphatic heterocycles. The van der Waals surface area contributed by atoms with Gasteiger partial charge >= 0.3 is 0 Å². The number of hydrogen-bond donors (Lipinski definition) is 2. The van der Waals surface area contributed by atoms with Crippen LogP contribution >= 0.6 is 0 Å². The van der Waals surface area contributed by atoms with Crippen molar-refractivity contribution in [3.8, 4) is 0 Å². The van der Waals surface area contributed by atoms with Gasteiger partial charge in [0.1, 0.15) is 0 Å². The van der Waals surface area contributed by atoms with Gasteiger partial charge in [-0.05, 0) is 63.1 Å². The van der Waals surface area contributed by atoms with Crippen LogP contribution in [-0.2, 0) is 0 Å². The summed E-state index contributed by atoms with van der Waals surface area (Å²) in [5, 5.41) is 3.59. The summed E-state index contributed by atoms with van der Waals surface area (Å²) in [6.07, 6.45) is 8.00. The molecule has 0 amide bonds. The number of hydrogen-bond acceptors (Lipinski definition) is 2. The Bertz CT molecular complexity index is 164. The van der Waals surface area contributed by atoms with E-state index in [2.05, 4.69) is 19.2 Å². The Morgan fingerprint density at radius 3 is 2.62 bits per heavy atom. The van der Waals surface area contributed by atoms with Crippen molar-refractivity contribution >= 4 is 0 Å². The molecule has 1 aliphatic rings. The van der Waals surface area contributed by atoms with E-state index in [1.807, 2.05) is 0 Å². The summed E-state index contributed by atoms with van der Waals surface area (Å²) in [6.45, 7) is 7.93. The third kappa shape index (κ3) is 5.86. The Kier molecular flexibility index (Phi) is 7.06. The molecule has 0 aromatic carbocycles. The zero-order chi connectivity index (χ0) is 11.8.